The van der Waals surface area contributed by atoms with Crippen LogP contribution in [0.3, 0.4) is 0 Å². The van der Waals surface area contributed by atoms with Gasteiger partial charge in [0.1, 0.15) is 9.88 Å². The van der Waals surface area contributed by atoms with E-state index in [4.69, 9.17) is 0 Å². The van der Waals surface area contributed by atoms with Gasteiger partial charge in [0.05, 0.1) is 17.8 Å². The molecular formula is C14H18N2O2S2. The van der Waals surface area contributed by atoms with Crippen molar-refractivity contribution in [1.82, 2.24) is 9.88 Å². The maximum atomic E-state index is 12.5. The minimum absolute atomic E-state index is 0.0789. The number of hydrogen-bond acceptors (Lipinski definition) is 5. The average Bonchev–Trinajstić information content (AvgIpc) is 3.05. The zero-order valence-corrected chi connectivity index (χ0v) is 13.6. The Balaban J connectivity index is 2.32. The van der Waals surface area contributed by atoms with Crippen LogP contribution < -0.4 is 0 Å². The third-order valence-corrected chi connectivity index (χ3v) is 5.24. The molecule has 6 heteroatoms. The highest BCUT2D eigenvalue weighted by molar-refractivity contribution is 7.17. The summed E-state index contributed by atoms with van der Waals surface area (Å²) in [6, 6.07) is 2.00. The second-order valence-electron chi connectivity index (χ2n) is 5.28. The van der Waals surface area contributed by atoms with E-state index in [1.54, 1.807) is 23.3 Å². The normalized spacial score (nSPS) is 11.7. The van der Waals surface area contributed by atoms with E-state index >= 15 is 0 Å². The molecule has 0 aromatic carbocycles. The van der Waals surface area contributed by atoms with E-state index < -0.39 is 5.54 Å². The van der Waals surface area contributed by atoms with Gasteiger partial charge >= 0.3 is 0 Å². The van der Waals surface area contributed by atoms with E-state index in [0.29, 0.717) is 4.88 Å². The van der Waals surface area contributed by atoms with E-state index in [2.05, 4.69) is 4.98 Å². The van der Waals surface area contributed by atoms with Crippen LogP contribution in [0.25, 0.3) is 10.6 Å². The number of carbonyl (C=O) groups excluding carboxylic acids is 1. The van der Waals surface area contributed by atoms with Crippen LogP contribution in [0.4, 0.5) is 0 Å². The summed E-state index contributed by atoms with van der Waals surface area (Å²) in [5.74, 6) is -0.0967. The number of aliphatic hydroxyl groups excluding tert-OH is 1. The highest BCUT2D eigenvalue weighted by Crippen LogP contribution is 2.30. The molecule has 0 fully saturated rings. The van der Waals surface area contributed by atoms with E-state index in [-0.39, 0.29) is 12.5 Å². The minimum Gasteiger partial charge on any atom is -0.394 e. The first-order valence-corrected chi connectivity index (χ1v) is 8.02. The van der Waals surface area contributed by atoms with Crippen LogP contribution >= 0.6 is 22.7 Å². The maximum Gasteiger partial charge on any atom is 0.266 e. The first-order chi connectivity index (χ1) is 9.36. The van der Waals surface area contributed by atoms with Crippen molar-refractivity contribution in [2.75, 3.05) is 13.7 Å². The summed E-state index contributed by atoms with van der Waals surface area (Å²) in [7, 11) is 1.71. The van der Waals surface area contributed by atoms with Gasteiger partial charge in [0.15, 0.2) is 0 Å². The molecule has 0 unspecified atom stereocenters. The highest BCUT2D eigenvalue weighted by Gasteiger charge is 2.30. The predicted octanol–water partition coefficient (Wildman–Crippen LogP) is 3.02. The molecule has 0 radical (unpaired) electrons. The number of thiazole rings is 1. The quantitative estimate of drug-likeness (QED) is 0.944. The molecule has 2 aromatic heterocycles. The molecule has 4 nitrogen and oxygen atoms in total. The number of aryl methyl sites for hydroxylation is 1. The fraction of sp³-hybridized carbons (Fsp3) is 0.429. The zero-order valence-electron chi connectivity index (χ0n) is 12.0. The summed E-state index contributed by atoms with van der Waals surface area (Å²) in [4.78, 5) is 19.2. The summed E-state index contributed by atoms with van der Waals surface area (Å²) >= 11 is 3.01. The molecule has 0 atom stereocenters. The number of hydrogen-bond donors (Lipinski definition) is 1. The summed E-state index contributed by atoms with van der Waals surface area (Å²) in [6.07, 6.45) is 0. The summed E-state index contributed by atoms with van der Waals surface area (Å²) in [5, 5.41) is 14.3. The van der Waals surface area contributed by atoms with Crippen LogP contribution in [-0.2, 0) is 0 Å². The largest absolute Gasteiger partial charge is 0.394 e. The first-order valence-electron chi connectivity index (χ1n) is 6.26. The van der Waals surface area contributed by atoms with E-state index in [0.717, 1.165) is 16.3 Å². The number of likely N-dealkylation sites (N-methyl/N-ethyl adjacent to an activating group) is 1. The van der Waals surface area contributed by atoms with Crippen molar-refractivity contribution >= 4 is 28.6 Å². The Hall–Kier alpha value is -1.24. The van der Waals surface area contributed by atoms with Gasteiger partial charge in [-0.1, -0.05) is 0 Å². The van der Waals surface area contributed by atoms with Crippen molar-refractivity contribution in [1.29, 1.82) is 0 Å². The first kappa shape index (κ1) is 15.2. The summed E-state index contributed by atoms with van der Waals surface area (Å²) < 4.78 is 0. The van der Waals surface area contributed by atoms with Crippen LogP contribution in [0.5, 0.6) is 0 Å². The molecule has 0 aliphatic rings. The van der Waals surface area contributed by atoms with Crippen molar-refractivity contribution in [3.63, 3.8) is 0 Å². The van der Waals surface area contributed by atoms with Crippen LogP contribution in [0.2, 0.25) is 0 Å². The summed E-state index contributed by atoms with van der Waals surface area (Å²) in [6.45, 7) is 5.44. The molecule has 2 aromatic rings. The fourth-order valence-corrected chi connectivity index (χ4v) is 3.39. The van der Waals surface area contributed by atoms with Gasteiger partial charge in [0.25, 0.3) is 5.91 Å². The topological polar surface area (TPSA) is 53.4 Å². The van der Waals surface area contributed by atoms with E-state index in [1.165, 1.54) is 11.3 Å². The molecule has 0 saturated heterocycles. The van der Waals surface area contributed by atoms with Crippen molar-refractivity contribution in [3.8, 4) is 10.6 Å². The van der Waals surface area contributed by atoms with Gasteiger partial charge in [-0.2, -0.15) is 11.3 Å². The van der Waals surface area contributed by atoms with Gasteiger partial charge in [-0.25, -0.2) is 4.98 Å². The van der Waals surface area contributed by atoms with Crippen LogP contribution in [-0.4, -0.2) is 40.1 Å². The molecule has 108 valence electrons. The van der Waals surface area contributed by atoms with Crippen LogP contribution in [0, 0.1) is 6.92 Å². The Morgan fingerprint density at radius 2 is 2.20 bits per heavy atom. The molecule has 0 aliphatic heterocycles. The predicted molar refractivity (Wildman–Crippen MR) is 83.4 cm³/mol. The number of nitrogens with zero attached hydrogens (tertiary/aromatic N) is 2. The molecule has 1 amide bonds. The second-order valence-corrected chi connectivity index (χ2v) is 7.06. The van der Waals surface area contributed by atoms with E-state index in [9.17, 15) is 9.90 Å². The maximum absolute atomic E-state index is 12.5. The number of rotatable bonds is 4. The third kappa shape index (κ3) is 2.77. The smallest absolute Gasteiger partial charge is 0.266 e. The molecule has 2 rings (SSSR count). The number of amides is 1. The van der Waals surface area contributed by atoms with Crippen molar-refractivity contribution in [2.45, 2.75) is 26.3 Å². The summed E-state index contributed by atoms with van der Waals surface area (Å²) in [5.41, 5.74) is 1.20. The number of aliphatic hydroxyl groups is 1. The van der Waals surface area contributed by atoms with Crippen LogP contribution in [0.15, 0.2) is 16.8 Å². The fourth-order valence-electron chi connectivity index (χ4n) is 1.64. The van der Waals surface area contributed by atoms with E-state index in [1.807, 2.05) is 37.6 Å². The molecule has 0 saturated carbocycles. The van der Waals surface area contributed by atoms with Gasteiger partial charge < -0.3 is 10.0 Å². The third-order valence-electron chi connectivity index (χ3n) is 3.36. The standard InChI is InChI=1S/C14H18N2O2S2/c1-9-11(13(18)16(4)14(2,3)8-17)20-12(15-9)10-5-6-19-7-10/h5-7,17H,8H2,1-4H3. The lowest BCUT2D eigenvalue weighted by molar-refractivity contribution is 0.0477. The average molecular weight is 310 g/mol. The van der Waals surface area contributed by atoms with Gasteiger partial charge in [0.2, 0.25) is 0 Å². The molecule has 20 heavy (non-hydrogen) atoms. The molecule has 0 aliphatic carbocycles. The van der Waals surface area contributed by atoms with Gasteiger partial charge in [0, 0.05) is 18.0 Å². The lowest BCUT2D eigenvalue weighted by atomic mass is 10.0. The molecule has 1 N–H and O–H groups in total. The van der Waals surface area contributed by atoms with Gasteiger partial charge in [-0.05, 0) is 32.2 Å². The Morgan fingerprint density at radius 1 is 1.50 bits per heavy atom. The van der Waals surface area contributed by atoms with Crippen LogP contribution in [0.1, 0.15) is 29.2 Å². The molecule has 0 spiro atoms. The minimum atomic E-state index is -0.587. The van der Waals surface area contributed by atoms with Crippen molar-refractivity contribution in [3.05, 3.63) is 27.4 Å². The molecule has 0 bridgehead atoms. The second kappa shape index (κ2) is 5.63. The van der Waals surface area contributed by atoms with Crippen molar-refractivity contribution < 1.29 is 9.90 Å². The lowest BCUT2D eigenvalue weighted by Gasteiger charge is -2.33. The van der Waals surface area contributed by atoms with Gasteiger partial charge in [-0.3, -0.25) is 4.79 Å². The monoisotopic (exact) mass is 310 g/mol. The molecular weight excluding hydrogens is 292 g/mol. The highest BCUT2D eigenvalue weighted by atomic mass is 32.1. The number of carbonyl (C=O) groups is 1. The number of thiophene rings is 1. The Labute approximate surface area is 126 Å². The SMILES string of the molecule is Cc1nc(-c2ccsc2)sc1C(=O)N(C)C(C)(C)CO. The Bertz CT molecular complexity index is 603. The number of aromatic nitrogens is 1. The lowest BCUT2D eigenvalue weighted by Crippen LogP contribution is -2.47. The van der Waals surface area contributed by atoms with Gasteiger partial charge in [-0.15, -0.1) is 11.3 Å². The Kier molecular flexibility index (Phi) is 4.27. The Morgan fingerprint density at radius 3 is 2.75 bits per heavy atom. The zero-order chi connectivity index (χ0) is 14.9. The molecule has 2 heterocycles. The van der Waals surface area contributed by atoms with Crippen molar-refractivity contribution in [2.24, 2.45) is 0 Å².